The van der Waals surface area contributed by atoms with Gasteiger partial charge < -0.3 is 0 Å². The molecule has 0 saturated carbocycles. The van der Waals surface area contributed by atoms with Crippen LogP contribution in [-0.2, 0) is 0 Å². The van der Waals surface area contributed by atoms with Crippen molar-refractivity contribution in [1.29, 1.82) is 0 Å². The molecule has 2 aromatic carbocycles. The van der Waals surface area contributed by atoms with Crippen molar-refractivity contribution in [3.63, 3.8) is 0 Å². The zero-order valence-corrected chi connectivity index (χ0v) is 16.5. The number of thiazole rings is 1. The Bertz CT molecular complexity index is 994. The van der Waals surface area contributed by atoms with Gasteiger partial charge in [0.2, 0.25) is 4.80 Å². The molecule has 0 amide bonds. The third-order valence-corrected chi connectivity index (χ3v) is 4.91. The average molecular weight is 390 g/mol. The zero-order valence-electron chi connectivity index (χ0n) is 14.1. The van der Waals surface area contributed by atoms with E-state index in [2.05, 4.69) is 46.0 Å². The highest BCUT2D eigenvalue weighted by molar-refractivity contribution is 7.07. The Hall–Kier alpha value is -1.88. The van der Waals surface area contributed by atoms with Crippen LogP contribution >= 0.6 is 34.5 Å². The lowest BCUT2D eigenvalue weighted by molar-refractivity contribution is 0.968. The lowest BCUT2D eigenvalue weighted by Gasteiger charge is -2.11. The predicted molar refractivity (Wildman–Crippen MR) is 108 cm³/mol. The molecule has 1 heterocycles. The average Bonchev–Trinajstić information content (AvgIpc) is 2.97. The van der Waals surface area contributed by atoms with Crippen LogP contribution in [0.4, 0.5) is 0 Å². The number of nitrogens with zero attached hydrogens (tertiary/aromatic N) is 3. The normalized spacial score (nSPS) is 11.6. The van der Waals surface area contributed by atoms with E-state index in [9.17, 15) is 0 Å². The minimum Gasteiger partial charge on any atom is -0.284 e. The summed E-state index contributed by atoms with van der Waals surface area (Å²) in [4.78, 5) is 0.783. The Morgan fingerprint density at radius 2 is 1.76 bits per heavy atom. The summed E-state index contributed by atoms with van der Waals surface area (Å²) in [6, 6.07) is 13.8. The maximum atomic E-state index is 6.43. The molecule has 6 heteroatoms. The number of rotatable bonds is 3. The van der Waals surface area contributed by atoms with Crippen molar-refractivity contribution in [3.05, 3.63) is 68.3 Å². The van der Waals surface area contributed by atoms with Gasteiger partial charge in [-0.15, -0.1) is 16.4 Å². The topological polar surface area (TPSA) is 29.6 Å². The van der Waals surface area contributed by atoms with Crippen LogP contribution in [0.3, 0.4) is 0 Å². The fourth-order valence-electron chi connectivity index (χ4n) is 2.35. The third-order valence-electron chi connectivity index (χ3n) is 3.54. The maximum Gasteiger partial charge on any atom is 0.215 e. The molecule has 128 valence electrons. The molecule has 0 fully saturated rings. The summed E-state index contributed by atoms with van der Waals surface area (Å²) in [7, 11) is 0. The van der Waals surface area contributed by atoms with E-state index in [1.54, 1.807) is 6.07 Å². The molecule has 0 aliphatic heterocycles. The molecule has 0 atom stereocenters. The first-order valence-corrected chi connectivity index (χ1v) is 9.37. The van der Waals surface area contributed by atoms with Crippen molar-refractivity contribution < 1.29 is 0 Å². The van der Waals surface area contributed by atoms with E-state index in [-0.39, 0.29) is 0 Å². The van der Waals surface area contributed by atoms with Crippen LogP contribution in [0.1, 0.15) is 19.4 Å². The highest BCUT2D eigenvalue weighted by Gasteiger charge is 2.13. The molecule has 0 radical (unpaired) electrons. The molecule has 0 unspecified atom stereocenters. The summed E-state index contributed by atoms with van der Waals surface area (Å²) in [5.41, 5.74) is 4.97. The quantitative estimate of drug-likeness (QED) is 0.381. The Morgan fingerprint density at radius 3 is 2.40 bits per heavy atom. The van der Waals surface area contributed by atoms with Gasteiger partial charge in [-0.3, -0.25) is 4.57 Å². The summed E-state index contributed by atoms with van der Waals surface area (Å²) in [6.07, 6.45) is 0. The molecule has 0 bridgehead atoms. The van der Waals surface area contributed by atoms with Crippen molar-refractivity contribution in [1.82, 2.24) is 4.57 Å². The van der Waals surface area contributed by atoms with Gasteiger partial charge >= 0.3 is 0 Å². The molecule has 3 nitrogen and oxygen atoms in total. The van der Waals surface area contributed by atoms with E-state index < -0.39 is 0 Å². The molecular formula is C19H17Cl2N3S. The zero-order chi connectivity index (χ0) is 18.0. The predicted octanol–water partition coefficient (Wildman–Crippen LogP) is 6.12. The molecule has 0 aliphatic rings. The third kappa shape index (κ3) is 4.03. The molecule has 1 aromatic heterocycles. The van der Waals surface area contributed by atoms with Crippen LogP contribution in [0.2, 0.25) is 10.0 Å². The van der Waals surface area contributed by atoms with Gasteiger partial charge in [0, 0.05) is 27.4 Å². The van der Waals surface area contributed by atoms with Crippen molar-refractivity contribution >= 4 is 40.3 Å². The van der Waals surface area contributed by atoms with E-state index in [1.165, 1.54) is 16.9 Å². The Kier molecular flexibility index (Phi) is 5.42. The smallest absolute Gasteiger partial charge is 0.215 e. The molecule has 0 aliphatic carbocycles. The maximum absolute atomic E-state index is 6.43. The van der Waals surface area contributed by atoms with E-state index in [1.807, 2.05) is 31.4 Å². The molecule has 3 aromatic rings. The molecule has 3 rings (SSSR count). The molecule has 0 saturated heterocycles. The fraction of sp³-hybridized carbons (Fsp3) is 0.158. The van der Waals surface area contributed by atoms with Crippen LogP contribution in [0.15, 0.2) is 58.0 Å². The first-order chi connectivity index (χ1) is 12.0. The minimum atomic E-state index is 0.605. The van der Waals surface area contributed by atoms with E-state index in [0.717, 1.165) is 27.5 Å². The second-order valence-electron chi connectivity index (χ2n) is 5.85. The van der Waals surface area contributed by atoms with Crippen molar-refractivity contribution in [2.24, 2.45) is 10.2 Å². The SMILES string of the molecule is CC(C)=NN=c1scc(-c2ccc(Cl)cc2Cl)n1-c1ccc(C)cc1. The summed E-state index contributed by atoms with van der Waals surface area (Å²) in [5, 5.41) is 11.9. The number of hydrogen-bond donors (Lipinski definition) is 0. The van der Waals surface area contributed by atoms with E-state index >= 15 is 0 Å². The first kappa shape index (κ1) is 17.9. The van der Waals surface area contributed by atoms with Gasteiger partial charge in [-0.25, -0.2) is 0 Å². The monoisotopic (exact) mass is 389 g/mol. The van der Waals surface area contributed by atoms with Crippen molar-refractivity contribution in [2.45, 2.75) is 20.8 Å². The van der Waals surface area contributed by atoms with Gasteiger partial charge in [-0.2, -0.15) is 5.10 Å². The van der Waals surface area contributed by atoms with Crippen molar-refractivity contribution in [2.75, 3.05) is 0 Å². The summed E-state index contributed by atoms with van der Waals surface area (Å²) in [5.74, 6) is 0. The highest BCUT2D eigenvalue weighted by atomic mass is 35.5. The largest absolute Gasteiger partial charge is 0.284 e. The molecule has 0 spiro atoms. The van der Waals surface area contributed by atoms with Gasteiger partial charge in [-0.05, 0) is 51.1 Å². The van der Waals surface area contributed by atoms with E-state index in [4.69, 9.17) is 23.2 Å². The first-order valence-electron chi connectivity index (χ1n) is 7.73. The van der Waals surface area contributed by atoms with Gasteiger partial charge in [0.25, 0.3) is 0 Å². The Morgan fingerprint density at radius 1 is 1.04 bits per heavy atom. The van der Waals surface area contributed by atoms with Gasteiger partial charge in [0.15, 0.2) is 0 Å². The fourth-order valence-corrected chi connectivity index (χ4v) is 3.70. The van der Waals surface area contributed by atoms with Gasteiger partial charge in [-0.1, -0.05) is 40.9 Å². The van der Waals surface area contributed by atoms with Crippen LogP contribution < -0.4 is 4.80 Å². The number of hydrogen-bond acceptors (Lipinski definition) is 3. The second-order valence-corrected chi connectivity index (χ2v) is 7.53. The highest BCUT2D eigenvalue weighted by Crippen LogP contribution is 2.32. The number of aromatic nitrogens is 1. The summed E-state index contributed by atoms with van der Waals surface area (Å²) >= 11 is 14.0. The number of aryl methyl sites for hydroxylation is 1. The number of halogens is 2. The van der Waals surface area contributed by atoms with Crippen LogP contribution in [0, 0.1) is 6.92 Å². The van der Waals surface area contributed by atoms with Crippen molar-refractivity contribution in [3.8, 4) is 16.9 Å². The van der Waals surface area contributed by atoms with Crippen LogP contribution in [0.5, 0.6) is 0 Å². The lowest BCUT2D eigenvalue weighted by atomic mass is 10.1. The Balaban J connectivity index is 2.28. The number of benzene rings is 2. The molecule has 0 N–H and O–H groups in total. The summed E-state index contributed by atoms with van der Waals surface area (Å²) < 4.78 is 2.06. The van der Waals surface area contributed by atoms with Crippen LogP contribution in [-0.4, -0.2) is 10.3 Å². The summed E-state index contributed by atoms with van der Waals surface area (Å²) in [6.45, 7) is 5.91. The lowest BCUT2D eigenvalue weighted by Crippen LogP contribution is -2.13. The van der Waals surface area contributed by atoms with Crippen LogP contribution in [0.25, 0.3) is 16.9 Å². The second kappa shape index (κ2) is 7.56. The van der Waals surface area contributed by atoms with E-state index in [0.29, 0.717) is 10.0 Å². The standard InChI is InChI=1S/C19H17Cl2N3S/c1-12(2)22-23-19-24(15-7-4-13(3)5-8-15)18(11-25-19)16-9-6-14(20)10-17(16)21/h4-11H,1-3H3. The van der Waals surface area contributed by atoms with Gasteiger partial charge in [0.05, 0.1) is 10.7 Å². The Labute approximate surface area is 160 Å². The molecular weight excluding hydrogens is 373 g/mol. The minimum absolute atomic E-state index is 0.605. The van der Waals surface area contributed by atoms with Gasteiger partial charge in [0.1, 0.15) is 0 Å². The molecule has 25 heavy (non-hydrogen) atoms.